The fourth-order valence-electron chi connectivity index (χ4n) is 1.69. The number of ketones is 4. The number of benzene rings is 2. The van der Waals surface area contributed by atoms with Gasteiger partial charge in [-0.1, -0.05) is 63.4 Å². The zero-order valence-corrected chi connectivity index (χ0v) is 16.2. The highest BCUT2D eigenvalue weighted by atomic mass is 79.9. The van der Waals surface area contributed by atoms with Crippen molar-refractivity contribution in [2.45, 2.75) is 6.92 Å². The standard InChI is InChI=1S/C9H6BrClO2.C9H7ClO2/c10-5-8(12)9(13)6-3-1-2-4-7(6)11;1-6(11)9(12)7-4-2-3-5-8(7)10/h1-4H,5H2;2-5H,1H3. The number of rotatable bonds is 5. The SMILES string of the molecule is CC(=O)C(=O)c1ccccc1Cl.O=C(CBr)C(=O)c1ccccc1Cl. The Balaban J connectivity index is 0.000000251. The first kappa shape index (κ1) is 21.2. The molecule has 0 amide bonds. The maximum Gasteiger partial charge on any atom is 0.230 e. The summed E-state index contributed by atoms with van der Waals surface area (Å²) >= 11 is 14.3. The van der Waals surface area contributed by atoms with Crippen molar-refractivity contribution >= 4 is 62.3 Å². The minimum Gasteiger partial charge on any atom is -0.291 e. The van der Waals surface area contributed by atoms with Gasteiger partial charge in [0.1, 0.15) is 0 Å². The molecule has 0 saturated heterocycles. The third-order valence-electron chi connectivity index (χ3n) is 2.93. The molecule has 0 aliphatic rings. The molecule has 0 unspecified atom stereocenters. The van der Waals surface area contributed by atoms with Crippen LogP contribution in [0, 0.1) is 0 Å². The van der Waals surface area contributed by atoms with Crippen molar-refractivity contribution in [3.8, 4) is 0 Å². The molecule has 2 aromatic carbocycles. The molecule has 0 aromatic heterocycles. The van der Waals surface area contributed by atoms with E-state index < -0.39 is 23.1 Å². The maximum atomic E-state index is 11.3. The second-order valence-electron chi connectivity index (χ2n) is 4.73. The van der Waals surface area contributed by atoms with Crippen molar-refractivity contribution in [3.05, 3.63) is 69.7 Å². The highest BCUT2D eigenvalue weighted by Gasteiger charge is 2.16. The molecule has 4 nitrogen and oxygen atoms in total. The monoisotopic (exact) mass is 442 g/mol. The molecule has 0 heterocycles. The van der Waals surface area contributed by atoms with Gasteiger partial charge in [-0.2, -0.15) is 0 Å². The molecule has 130 valence electrons. The summed E-state index contributed by atoms with van der Waals surface area (Å²) < 4.78 is 0. The van der Waals surface area contributed by atoms with Crippen LogP contribution in [0.3, 0.4) is 0 Å². The van der Waals surface area contributed by atoms with E-state index in [-0.39, 0.29) is 16.5 Å². The topological polar surface area (TPSA) is 68.3 Å². The van der Waals surface area contributed by atoms with Crippen LogP contribution in [0.2, 0.25) is 10.0 Å². The van der Waals surface area contributed by atoms with Crippen LogP contribution in [0.5, 0.6) is 0 Å². The lowest BCUT2D eigenvalue weighted by Gasteiger charge is -1.99. The third kappa shape index (κ3) is 6.20. The van der Waals surface area contributed by atoms with Gasteiger partial charge in [0.05, 0.1) is 15.4 Å². The smallest absolute Gasteiger partial charge is 0.230 e. The summed E-state index contributed by atoms with van der Waals surface area (Å²) in [4.78, 5) is 44.2. The average Bonchev–Trinajstić information content (AvgIpc) is 2.61. The van der Waals surface area contributed by atoms with Crippen LogP contribution >= 0.6 is 39.1 Å². The first-order valence-corrected chi connectivity index (χ1v) is 8.85. The number of hydrogen-bond donors (Lipinski definition) is 0. The second kappa shape index (κ2) is 10.2. The molecular formula is C18H13BrCl2O4. The van der Waals surface area contributed by atoms with Gasteiger partial charge in [-0.25, -0.2) is 0 Å². The summed E-state index contributed by atoms with van der Waals surface area (Å²) in [5, 5.41) is 0.649. The van der Waals surface area contributed by atoms with E-state index in [1.807, 2.05) is 0 Å². The number of carbonyl (C=O) groups is 4. The van der Waals surface area contributed by atoms with Crippen LogP contribution in [0.1, 0.15) is 27.6 Å². The normalized spacial score (nSPS) is 9.60. The van der Waals surface area contributed by atoms with Crippen LogP contribution in [-0.2, 0) is 9.59 Å². The largest absolute Gasteiger partial charge is 0.291 e. The summed E-state index contributed by atoms with van der Waals surface area (Å²) in [6, 6.07) is 13.0. The van der Waals surface area contributed by atoms with E-state index >= 15 is 0 Å². The first-order chi connectivity index (χ1) is 11.8. The number of Topliss-reactive ketones (excluding diaryl/α,β-unsaturated/α-hetero) is 4. The van der Waals surface area contributed by atoms with E-state index in [0.29, 0.717) is 10.0 Å². The van der Waals surface area contributed by atoms with E-state index in [1.54, 1.807) is 36.4 Å². The van der Waals surface area contributed by atoms with Crippen LogP contribution in [0.15, 0.2) is 48.5 Å². The van der Waals surface area contributed by atoms with Gasteiger partial charge in [-0.3, -0.25) is 19.2 Å². The Hall–Kier alpha value is -1.82. The Morgan fingerprint density at radius 3 is 1.56 bits per heavy atom. The molecule has 0 spiro atoms. The molecule has 0 aliphatic heterocycles. The highest BCUT2D eigenvalue weighted by Crippen LogP contribution is 2.16. The van der Waals surface area contributed by atoms with Crippen LogP contribution in [0.4, 0.5) is 0 Å². The van der Waals surface area contributed by atoms with Crippen molar-refractivity contribution in [2.24, 2.45) is 0 Å². The van der Waals surface area contributed by atoms with Crippen molar-refractivity contribution in [2.75, 3.05) is 5.33 Å². The summed E-state index contributed by atoms with van der Waals surface area (Å²) in [7, 11) is 0. The van der Waals surface area contributed by atoms with Crippen molar-refractivity contribution in [1.29, 1.82) is 0 Å². The lowest BCUT2D eigenvalue weighted by atomic mass is 10.1. The van der Waals surface area contributed by atoms with Crippen LogP contribution in [-0.4, -0.2) is 28.5 Å². The van der Waals surface area contributed by atoms with Crippen molar-refractivity contribution < 1.29 is 19.2 Å². The molecule has 25 heavy (non-hydrogen) atoms. The average molecular weight is 444 g/mol. The van der Waals surface area contributed by atoms with E-state index in [9.17, 15) is 19.2 Å². The molecule has 0 atom stereocenters. The van der Waals surface area contributed by atoms with E-state index in [1.165, 1.54) is 19.1 Å². The third-order valence-corrected chi connectivity index (χ3v) is 4.10. The highest BCUT2D eigenvalue weighted by molar-refractivity contribution is 9.09. The van der Waals surface area contributed by atoms with Gasteiger partial charge in [0.2, 0.25) is 17.3 Å². The first-order valence-electron chi connectivity index (χ1n) is 6.97. The van der Waals surface area contributed by atoms with Crippen LogP contribution in [0.25, 0.3) is 0 Å². The number of alkyl halides is 1. The second-order valence-corrected chi connectivity index (χ2v) is 6.11. The Bertz CT molecular complexity index is 818. The molecule has 0 aliphatic carbocycles. The number of carbonyl (C=O) groups excluding carboxylic acids is 4. The van der Waals surface area contributed by atoms with E-state index in [4.69, 9.17) is 23.2 Å². The molecule has 0 saturated carbocycles. The summed E-state index contributed by atoms with van der Waals surface area (Å²) in [5.74, 6) is -2.08. The van der Waals surface area contributed by atoms with Crippen LogP contribution < -0.4 is 0 Å². The molecule has 2 aromatic rings. The fourth-order valence-corrected chi connectivity index (χ4v) is 2.39. The molecule has 2 rings (SSSR count). The lowest BCUT2D eigenvalue weighted by molar-refractivity contribution is -0.113. The lowest BCUT2D eigenvalue weighted by Crippen LogP contribution is -2.15. The Morgan fingerprint density at radius 2 is 1.20 bits per heavy atom. The van der Waals surface area contributed by atoms with Gasteiger partial charge in [-0.15, -0.1) is 0 Å². The fraction of sp³-hybridized carbons (Fsp3) is 0.111. The number of halogens is 3. The Morgan fingerprint density at radius 1 is 0.800 bits per heavy atom. The van der Waals surface area contributed by atoms with Gasteiger partial charge in [0.15, 0.2) is 5.78 Å². The van der Waals surface area contributed by atoms with Gasteiger partial charge < -0.3 is 0 Å². The predicted octanol–water partition coefficient (Wildman–Crippen LogP) is 4.60. The molecule has 7 heteroatoms. The summed E-state index contributed by atoms with van der Waals surface area (Å²) in [6.45, 7) is 1.23. The summed E-state index contributed by atoms with van der Waals surface area (Å²) in [6.07, 6.45) is 0. The van der Waals surface area contributed by atoms with E-state index in [2.05, 4.69) is 15.9 Å². The van der Waals surface area contributed by atoms with Crippen molar-refractivity contribution in [1.82, 2.24) is 0 Å². The zero-order chi connectivity index (χ0) is 19.0. The molecule has 0 radical (unpaired) electrons. The summed E-state index contributed by atoms with van der Waals surface area (Å²) in [5.41, 5.74) is 0.528. The van der Waals surface area contributed by atoms with Gasteiger partial charge in [-0.05, 0) is 24.3 Å². The molecule has 0 bridgehead atoms. The predicted molar refractivity (Wildman–Crippen MR) is 101 cm³/mol. The maximum absolute atomic E-state index is 11.3. The minimum atomic E-state index is -0.553. The van der Waals surface area contributed by atoms with Crippen molar-refractivity contribution in [3.63, 3.8) is 0 Å². The molecule has 0 fully saturated rings. The van der Waals surface area contributed by atoms with Gasteiger partial charge in [0.25, 0.3) is 0 Å². The minimum absolute atomic E-state index is 0.0249. The number of hydrogen-bond acceptors (Lipinski definition) is 4. The molecule has 0 N–H and O–H groups in total. The molecular weight excluding hydrogens is 431 g/mol. The quantitative estimate of drug-likeness (QED) is 0.384. The Labute approximate surface area is 163 Å². The zero-order valence-electron chi connectivity index (χ0n) is 13.1. The van der Waals surface area contributed by atoms with Gasteiger partial charge in [0, 0.05) is 18.1 Å². The van der Waals surface area contributed by atoms with Gasteiger partial charge >= 0.3 is 0 Å². The van der Waals surface area contributed by atoms with E-state index in [0.717, 1.165) is 0 Å². The Kier molecular flexibility index (Phi) is 8.69.